The standard InChI is InChI=1S/C12H20N2O/c1-2-3-4-8-14-12(15)9-11-6-5-7-13-10-11/h11,13H,4-10H2,1H3,(H,14,15). The molecule has 0 radical (unpaired) electrons. The third-order valence-corrected chi connectivity index (χ3v) is 2.62. The molecule has 1 saturated heterocycles. The van der Waals surface area contributed by atoms with E-state index in [0.29, 0.717) is 18.9 Å². The number of hydrogen-bond donors (Lipinski definition) is 2. The van der Waals surface area contributed by atoms with Crippen LogP contribution in [-0.2, 0) is 4.79 Å². The molecular formula is C12H20N2O. The molecule has 0 aliphatic carbocycles. The first-order valence-corrected chi connectivity index (χ1v) is 5.70. The number of carbonyl (C=O) groups is 1. The number of amides is 1. The maximum absolute atomic E-state index is 11.5. The van der Waals surface area contributed by atoms with Crippen molar-refractivity contribution in [3.63, 3.8) is 0 Å². The van der Waals surface area contributed by atoms with E-state index in [1.54, 1.807) is 0 Å². The van der Waals surface area contributed by atoms with Gasteiger partial charge in [-0.05, 0) is 38.8 Å². The lowest BCUT2D eigenvalue weighted by Crippen LogP contribution is -2.34. The van der Waals surface area contributed by atoms with Crippen LogP contribution in [0.3, 0.4) is 0 Å². The van der Waals surface area contributed by atoms with Crippen molar-refractivity contribution in [3.8, 4) is 11.8 Å². The van der Waals surface area contributed by atoms with Gasteiger partial charge in [0.1, 0.15) is 0 Å². The molecule has 15 heavy (non-hydrogen) atoms. The maximum Gasteiger partial charge on any atom is 0.220 e. The Kier molecular flexibility index (Phi) is 5.87. The monoisotopic (exact) mass is 208 g/mol. The van der Waals surface area contributed by atoms with Gasteiger partial charge >= 0.3 is 0 Å². The van der Waals surface area contributed by atoms with Gasteiger partial charge in [0, 0.05) is 19.4 Å². The van der Waals surface area contributed by atoms with Crippen LogP contribution >= 0.6 is 0 Å². The van der Waals surface area contributed by atoms with Crippen molar-refractivity contribution in [2.45, 2.75) is 32.6 Å². The van der Waals surface area contributed by atoms with E-state index in [1.165, 1.54) is 12.8 Å². The highest BCUT2D eigenvalue weighted by molar-refractivity contribution is 5.76. The van der Waals surface area contributed by atoms with Gasteiger partial charge in [-0.25, -0.2) is 0 Å². The molecule has 0 aromatic heterocycles. The average Bonchev–Trinajstić information content (AvgIpc) is 2.26. The molecule has 3 heteroatoms. The van der Waals surface area contributed by atoms with E-state index in [9.17, 15) is 4.79 Å². The molecule has 0 bridgehead atoms. The summed E-state index contributed by atoms with van der Waals surface area (Å²) < 4.78 is 0. The second-order valence-electron chi connectivity index (χ2n) is 3.94. The second kappa shape index (κ2) is 7.30. The fourth-order valence-corrected chi connectivity index (χ4v) is 1.82. The molecular weight excluding hydrogens is 188 g/mol. The van der Waals surface area contributed by atoms with Crippen molar-refractivity contribution in [1.82, 2.24) is 10.6 Å². The normalized spacial score (nSPS) is 20.2. The van der Waals surface area contributed by atoms with Gasteiger partial charge in [-0.1, -0.05) is 0 Å². The Morgan fingerprint density at radius 2 is 2.47 bits per heavy atom. The van der Waals surface area contributed by atoms with Crippen LogP contribution in [0.1, 0.15) is 32.6 Å². The van der Waals surface area contributed by atoms with E-state index < -0.39 is 0 Å². The zero-order valence-electron chi connectivity index (χ0n) is 9.44. The van der Waals surface area contributed by atoms with Crippen molar-refractivity contribution in [2.24, 2.45) is 5.92 Å². The van der Waals surface area contributed by atoms with Crippen molar-refractivity contribution in [1.29, 1.82) is 0 Å². The number of hydrogen-bond acceptors (Lipinski definition) is 2. The van der Waals surface area contributed by atoms with Crippen LogP contribution in [0.25, 0.3) is 0 Å². The SMILES string of the molecule is CC#CCCNC(=O)CC1CCCNC1. The minimum absolute atomic E-state index is 0.168. The number of piperidine rings is 1. The first-order valence-electron chi connectivity index (χ1n) is 5.70. The first kappa shape index (κ1) is 12.1. The van der Waals surface area contributed by atoms with Crippen molar-refractivity contribution in [2.75, 3.05) is 19.6 Å². The first-order chi connectivity index (χ1) is 7.33. The lowest BCUT2D eigenvalue weighted by molar-refractivity contribution is -0.122. The Labute approximate surface area is 92.0 Å². The predicted octanol–water partition coefficient (Wildman–Crippen LogP) is 0.906. The van der Waals surface area contributed by atoms with Crippen LogP contribution in [0.5, 0.6) is 0 Å². The molecule has 1 rings (SSSR count). The van der Waals surface area contributed by atoms with E-state index in [4.69, 9.17) is 0 Å². The summed E-state index contributed by atoms with van der Waals surface area (Å²) >= 11 is 0. The molecule has 2 N–H and O–H groups in total. The van der Waals surface area contributed by atoms with Gasteiger partial charge in [0.2, 0.25) is 5.91 Å². The molecule has 1 fully saturated rings. The summed E-state index contributed by atoms with van der Waals surface area (Å²) in [4.78, 5) is 11.5. The van der Waals surface area contributed by atoms with Crippen molar-refractivity contribution >= 4 is 5.91 Å². The van der Waals surface area contributed by atoms with Crippen LogP contribution in [0.2, 0.25) is 0 Å². The van der Waals surface area contributed by atoms with Gasteiger partial charge in [-0.3, -0.25) is 4.79 Å². The summed E-state index contributed by atoms with van der Waals surface area (Å²) in [5, 5.41) is 6.21. The molecule has 0 saturated carbocycles. The quantitative estimate of drug-likeness (QED) is 0.532. The molecule has 1 unspecified atom stereocenters. The lowest BCUT2D eigenvalue weighted by atomic mass is 9.96. The molecule has 3 nitrogen and oxygen atoms in total. The largest absolute Gasteiger partial charge is 0.355 e. The Balaban J connectivity index is 2.08. The fraction of sp³-hybridized carbons (Fsp3) is 0.750. The molecule has 0 aromatic rings. The molecule has 1 atom stereocenters. The van der Waals surface area contributed by atoms with Gasteiger partial charge in [-0.2, -0.15) is 0 Å². The third-order valence-electron chi connectivity index (χ3n) is 2.62. The molecule has 1 amide bonds. The minimum Gasteiger partial charge on any atom is -0.355 e. The Bertz CT molecular complexity index is 246. The van der Waals surface area contributed by atoms with E-state index in [2.05, 4.69) is 22.5 Å². The highest BCUT2D eigenvalue weighted by Gasteiger charge is 2.15. The Hall–Kier alpha value is -1.01. The summed E-state index contributed by atoms with van der Waals surface area (Å²) in [7, 11) is 0. The van der Waals surface area contributed by atoms with Gasteiger partial charge in [0.05, 0.1) is 0 Å². The van der Waals surface area contributed by atoms with Gasteiger partial charge in [-0.15, -0.1) is 11.8 Å². The predicted molar refractivity (Wildman–Crippen MR) is 61.3 cm³/mol. The summed E-state index contributed by atoms with van der Waals surface area (Å²) in [6.45, 7) is 4.59. The lowest BCUT2D eigenvalue weighted by Gasteiger charge is -2.21. The molecule has 84 valence electrons. The summed E-state index contributed by atoms with van der Waals surface area (Å²) in [6, 6.07) is 0. The molecule has 0 aromatic carbocycles. The summed E-state index contributed by atoms with van der Waals surface area (Å²) in [5.74, 6) is 6.43. The number of carbonyl (C=O) groups excluding carboxylic acids is 1. The van der Waals surface area contributed by atoms with Crippen molar-refractivity contribution in [3.05, 3.63) is 0 Å². The number of rotatable bonds is 4. The van der Waals surface area contributed by atoms with E-state index in [1.807, 2.05) is 6.92 Å². The van der Waals surface area contributed by atoms with Crippen molar-refractivity contribution < 1.29 is 4.79 Å². The van der Waals surface area contributed by atoms with Crippen LogP contribution in [-0.4, -0.2) is 25.5 Å². The highest BCUT2D eigenvalue weighted by atomic mass is 16.1. The van der Waals surface area contributed by atoms with Gasteiger partial charge < -0.3 is 10.6 Å². The zero-order valence-corrected chi connectivity index (χ0v) is 9.44. The van der Waals surface area contributed by atoms with E-state index in [-0.39, 0.29) is 5.91 Å². The van der Waals surface area contributed by atoms with E-state index >= 15 is 0 Å². The highest BCUT2D eigenvalue weighted by Crippen LogP contribution is 2.13. The van der Waals surface area contributed by atoms with E-state index in [0.717, 1.165) is 19.5 Å². The zero-order chi connectivity index (χ0) is 10.9. The Morgan fingerprint density at radius 3 is 3.13 bits per heavy atom. The third kappa shape index (κ3) is 5.44. The van der Waals surface area contributed by atoms with Gasteiger partial charge in [0.25, 0.3) is 0 Å². The molecule has 1 heterocycles. The summed E-state index contributed by atoms with van der Waals surface area (Å²) in [5.41, 5.74) is 0. The fourth-order valence-electron chi connectivity index (χ4n) is 1.82. The van der Waals surface area contributed by atoms with Crippen LogP contribution in [0.4, 0.5) is 0 Å². The molecule has 0 spiro atoms. The van der Waals surface area contributed by atoms with Crippen LogP contribution in [0, 0.1) is 17.8 Å². The molecule has 1 aliphatic heterocycles. The minimum atomic E-state index is 0.168. The van der Waals surface area contributed by atoms with Crippen LogP contribution in [0.15, 0.2) is 0 Å². The second-order valence-corrected chi connectivity index (χ2v) is 3.94. The Morgan fingerprint density at radius 1 is 1.60 bits per heavy atom. The summed E-state index contributed by atoms with van der Waals surface area (Å²) in [6.07, 6.45) is 3.78. The van der Waals surface area contributed by atoms with Gasteiger partial charge in [0.15, 0.2) is 0 Å². The number of nitrogens with one attached hydrogen (secondary N) is 2. The van der Waals surface area contributed by atoms with Crippen LogP contribution < -0.4 is 10.6 Å². The topological polar surface area (TPSA) is 41.1 Å². The average molecular weight is 208 g/mol. The smallest absolute Gasteiger partial charge is 0.220 e. The molecule has 1 aliphatic rings. The maximum atomic E-state index is 11.5.